The van der Waals surface area contributed by atoms with Crippen molar-refractivity contribution in [1.82, 2.24) is 5.32 Å². The molecule has 1 atom stereocenters. The van der Waals surface area contributed by atoms with Crippen LogP contribution in [0.15, 0.2) is 17.0 Å². The maximum atomic E-state index is 13.6. The maximum absolute atomic E-state index is 13.6. The zero-order chi connectivity index (χ0) is 15.8. The van der Waals surface area contributed by atoms with Crippen molar-refractivity contribution in [3.05, 3.63) is 28.5 Å². The van der Waals surface area contributed by atoms with Crippen LogP contribution in [0.1, 0.15) is 36.5 Å². The molecule has 1 saturated carbocycles. The van der Waals surface area contributed by atoms with Crippen molar-refractivity contribution >= 4 is 37.2 Å². The molecule has 1 fully saturated rings. The first-order valence-electron chi connectivity index (χ1n) is 6.44. The van der Waals surface area contributed by atoms with E-state index in [1.54, 1.807) is 0 Å². The molecule has 21 heavy (non-hydrogen) atoms. The van der Waals surface area contributed by atoms with E-state index in [1.165, 1.54) is 0 Å². The van der Waals surface area contributed by atoms with Gasteiger partial charge in [-0.2, -0.15) is 0 Å². The lowest BCUT2D eigenvalue weighted by Crippen LogP contribution is -2.40. The lowest BCUT2D eigenvalue weighted by Gasteiger charge is -2.31. The Morgan fingerprint density at radius 1 is 1.43 bits per heavy atom. The Labute approximate surface area is 132 Å². The molecule has 0 radical (unpaired) electrons. The van der Waals surface area contributed by atoms with Crippen LogP contribution >= 0.6 is 22.3 Å². The van der Waals surface area contributed by atoms with Gasteiger partial charge in [-0.15, -0.1) is 0 Å². The van der Waals surface area contributed by atoms with Gasteiger partial charge in [-0.25, -0.2) is 12.8 Å². The van der Waals surface area contributed by atoms with E-state index in [1.807, 2.05) is 6.92 Å². The molecule has 1 amide bonds. The van der Waals surface area contributed by atoms with Crippen LogP contribution in [0.4, 0.5) is 4.39 Å². The number of carbonyl (C=O) groups excluding carboxylic acids is 1. The molecule has 4 nitrogen and oxygen atoms in total. The van der Waals surface area contributed by atoms with Crippen molar-refractivity contribution in [3.8, 4) is 0 Å². The van der Waals surface area contributed by atoms with Crippen molar-refractivity contribution in [2.45, 2.75) is 37.1 Å². The molecule has 1 aromatic carbocycles. The van der Waals surface area contributed by atoms with Crippen LogP contribution in [0, 0.1) is 11.7 Å². The number of carbonyl (C=O) groups is 1. The molecule has 0 bridgehead atoms. The van der Waals surface area contributed by atoms with E-state index < -0.39 is 25.7 Å². The van der Waals surface area contributed by atoms with Crippen LogP contribution < -0.4 is 5.32 Å². The predicted octanol–water partition coefficient (Wildman–Crippen LogP) is 3.33. The Balaban J connectivity index is 2.28. The van der Waals surface area contributed by atoms with Gasteiger partial charge in [-0.1, -0.05) is 18.0 Å². The van der Waals surface area contributed by atoms with Gasteiger partial charge >= 0.3 is 0 Å². The van der Waals surface area contributed by atoms with Crippen molar-refractivity contribution in [2.24, 2.45) is 5.92 Å². The maximum Gasteiger partial charge on any atom is 0.264 e. The quantitative estimate of drug-likeness (QED) is 0.844. The largest absolute Gasteiger partial charge is 0.349 e. The minimum Gasteiger partial charge on any atom is -0.349 e. The Morgan fingerprint density at radius 3 is 2.52 bits per heavy atom. The van der Waals surface area contributed by atoms with Gasteiger partial charge in [0.15, 0.2) is 0 Å². The lowest BCUT2D eigenvalue weighted by atomic mass is 9.80. The van der Waals surface area contributed by atoms with E-state index in [0.717, 1.165) is 31.4 Å². The van der Waals surface area contributed by atoms with Crippen LogP contribution in [-0.4, -0.2) is 20.4 Å². The standard InChI is InChI=1S/C13H14Cl2FNO3S/c1-7(8-3-2-4-8)17-13(18)9-5-12(21(15,19)20)11(16)6-10(9)14/h5-8H,2-4H2,1H3,(H,17,18). The Hall–Kier alpha value is -0.850. The number of nitrogens with one attached hydrogen (secondary N) is 1. The number of rotatable bonds is 4. The lowest BCUT2D eigenvalue weighted by molar-refractivity contribution is 0.0909. The van der Waals surface area contributed by atoms with Crippen LogP contribution in [0.3, 0.4) is 0 Å². The van der Waals surface area contributed by atoms with Crippen molar-refractivity contribution in [2.75, 3.05) is 0 Å². The van der Waals surface area contributed by atoms with Gasteiger partial charge in [-0.05, 0) is 37.8 Å². The van der Waals surface area contributed by atoms with E-state index in [2.05, 4.69) is 5.32 Å². The summed E-state index contributed by atoms with van der Waals surface area (Å²) in [6.07, 6.45) is 3.22. The first-order valence-corrected chi connectivity index (χ1v) is 9.13. The average Bonchev–Trinajstić information content (AvgIpc) is 2.23. The first kappa shape index (κ1) is 16.5. The molecule has 0 spiro atoms. The summed E-state index contributed by atoms with van der Waals surface area (Å²) in [6.45, 7) is 1.87. The monoisotopic (exact) mass is 353 g/mol. The van der Waals surface area contributed by atoms with Crippen molar-refractivity contribution in [1.29, 1.82) is 0 Å². The summed E-state index contributed by atoms with van der Waals surface area (Å²) >= 11 is 5.82. The molecule has 1 aliphatic rings. The highest BCUT2D eigenvalue weighted by atomic mass is 35.7. The van der Waals surface area contributed by atoms with Gasteiger partial charge in [0.25, 0.3) is 15.0 Å². The van der Waals surface area contributed by atoms with E-state index >= 15 is 0 Å². The molecule has 2 rings (SSSR count). The Kier molecular flexibility index (Phi) is 4.80. The second-order valence-electron chi connectivity index (χ2n) is 5.15. The number of hydrogen-bond donors (Lipinski definition) is 1. The summed E-state index contributed by atoms with van der Waals surface area (Å²) in [5.41, 5.74) is -0.108. The highest BCUT2D eigenvalue weighted by Gasteiger charge is 2.27. The fraction of sp³-hybridized carbons (Fsp3) is 0.462. The highest BCUT2D eigenvalue weighted by Crippen LogP contribution is 2.30. The number of hydrogen-bond acceptors (Lipinski definition) is 3. The van der Waals surface area contributed by atoms with Crippen LogP contribution in [0.25, 0.3) is 0 Å². The number of benzene rings is 1. The molecular formula is C13H14Cl2FNO3S. The van der Waals surface area contributed by atoms with E-state index in [4.69, 9.17) is 22.3 Å². The summed E-state index contributed by atoms with van der Waals surface area (Å²) in [4.78, 5) is 11.4. The topological polar surface area (TPSA) is 63.2 Å². The summed E-state index contributed by atoms with van der Waals surface area (Å²) in [7, 11) is 0.852. The van der Waals surface area contributed by atoms with E-state index in [-0.39, 0.29) is 16.6 Å². The second-order valence-corrected chi connectivity index (χ2v) is 8.10. The van der Waals surface area contributed by atoms with Crippen molar-refractivity contribution < 1.29 is 17.6 Å². The van der Waals surface area contributed by atoms with Crippen molar-refractivity contribution in [3.63, 3.8) is 0 Å². The molecule has 0 saturated heterocycles. The first-order chi connectivity index (χ1) is 9.70. The average molecular weight is 354 g/mol. The summed E-state index contributed by atoms with van der Waals surface area (Å²) in [5, 5.41) is 2.60. The molecule has 1 N–H and O–H groups in total. The molecule has 8 heteroatoms. The van der Waals surface area contributed by atoms with E-state index in [9.17, 15) is 17.6 Å². The van der Waals surface area contributed by atoms with Gasteiger partial charge in [0.2, 0.25) is 0 Å². The third kappa shape index (κ3) is 3.67. The summed E-state index contributed by atoms with van der Waals surface area (Å²) < 4.78 is 36.1. The Morgan fingerprint density at radius 2 is 2.05 bits per heavy atom. The zero-order valence-corrected chi connectivity index (χ0v) is 13.5. The van der Waals surface area contributed by atoms with Gasteiger partial charge in [0, 0.05) is 16.7 Å². The minimum absolute atomic E-state index is 0.0524. The SMILES string of the molecule is CC(NC(=O)c1cc(S(=O)(=O)Cl)c(F)cc1Cl)C1CCC1. The molecule has 0 aliphatic heterocycles. The van der Waals surface area contributed by atoms with Crippen LogP contribution in [0.2, 0.25) is 5.02 Å². The van der Waals surface area contributed by atoms with Crippen LogP contribution in [0.5, 0.6) is 0 Å². The fourth-order valence-corrected chi connectivity index (χ4v) is 3.37. The predicted molar refractivity (Wildman–Crippen MR) is 78.7 cm³/mol. The molecule has 0 aromatic heterocycles. The highest BCUT2D eigenvalue weighted by molar-refractivity contribution is 8.13. The molecule has 0 heterocycles. The molecule has 1 aromatic rings. The summed E-state index contributed by atoms with van der Waals surface area (Å²) in [6, 6.07) is 1.59. The van der Waals surface area contributed by atoms with Gasteiger partial charge in [-0.3, -0.25) is 4.79 Å². The summed E-state index contributed by atoms with van der Waals surface area (Å²) in [5.74, 6) is -1.22. The second kappa shape index (κ2) is 6.10. The number of halogens is 3. The smallest absolute Gasteiger partial charge is 0.264 e. The van der Waals surface area contributed by atoms with Gasteiger partial charge in [0.05, 0.1) is 10.6 Å². The third-order valence-electron chi connectivity index (χ3n) is 3.74. The zero-order valence-electron chi connectivity index (χ0n) is 11.2. The van der Waals surface area contributed by atoms with E-state index in [0.29, 0.717) is 5.92 Å². The molecular weight excluding hydrogens is 340 g/mol. The molecule has 116 valence electrons. The van der Waals surface area contributed by atoms with Crippen LogP contribution in [-0.2, 0) is 9.05 Å². The molecule has 1 unspecified atom stereocenters. The number of amides is 1. The minimum atomic E-state index is -4.29. The Bertz CT molecular complexity index is 674. The molecule has 1 aliphatic carbocycles. The van der Waals surface area contributed by atoms with Gasteiger partial charge in [0.1, 0.15) is 10.7 Å². The third-order valence-corrected chi connectivity index (χ3v) is 5.39. The fourth-order valence-electron chi connectivity index (χ4n) is 2.23. The normalized spacial score (nSPS) is 17.1. The van der Waals surface area contributed by atoms with Gasteiger partial charge < -0.3 is 5.32 Å².